The van der Waals surface area contributed by atoms with E-state index in [1.165, 1.54) is 7.11 Å². The molecule has 1 aromatic carbocycles. The van der Waals surface area contributed by atoms with Crippen LogP contribution in [0, 0.1) is 0 Å². The van der Waals surface area contributed by atoms with Gasteiger partial charge < -0.3 is 21.2 Å². The fourth-order valence-corrected chi connectivity index (χ4v) is 1.56. The molecule has 78 valence electrons. The molecule has 2 aromatic rings. The van der Waals surface area contributed by atoms with Crippen LogP contribution in [0.5, 0.6) is 0 Å². The molecule has 0 fully saturated rings. The fraction of sp³-hybridized carbons (Fsp3) is 0.100. The van der Waals surface area contributed by atoms with Crippen LogP contribution in [0.1, 0.15) is 10.4 Å². The molecule has 1 heterocycles. The second-order valence-corrected chi connectivity index (χ2v) is 3.18. The summed E-state index contributed by atoms with van der Waals surface area (Å²) in [5, 5.41) is 0.716. The lowest BCUT2D eigenvalue weighted by Gasteiger charge is -2.07. The SMILES string of the molecule is COC(=O)c1c(N)c(N)cc2[nH]ccc12. The topological polar surface area (TPSA) is 94.1 Å². The Kier molecular flexibility index (Phi) is 2.00. The second kappa shape index (κ2) is 3.20. The lowest BCUT2D eigenvalue weighted by Crippen LogP contribution is -2.08. The highest BCUT2D eigenvalue weighted by atomic mass is 16.5. The highest BCUT2D eigenvalue weighted by Crippen LogP contribution is 2.29. The van der Waals surface area contributed by atoms with Gasteiger partial charge in [-0.1, -0.05) is 0 Å². The summed E-state index contributed by atoms with van der Waals surface area (Å²) in [5.74, 6) is -0.482. The summed E-state index contributed by atoms with van der Waals surface area (Å²) < 4.78 is 4.66. The van der Waals surface area contributed by atoms with Gasteiger partial charge in [0.15, 0.2) is 0 Å². The number of nitrogens with one attached hydrogen (secondary N) is 1. The zero-order valence-corrected chi connectivity index (χ0v) is 8.20. The Morgan fingerprint density at radius 2 is 2.20 bits per heavy atom. The third-order valence-electron chi connectivity index (χ3n) is 2.32. The molecule has 5 heteroatoms. The zero-order chi connectivity index (χ0) is 11.0. The van der Waals surface area contributed by atoms with Crippen LogP contribution in [-0.4, -0.2) is 18.1 Å². The average Bonchev–Trinajstić information content (AvgIpc) is 2.66. The van der Waals surface area contributed by atoms with Crippen LogP contribution in [0.3, 0.4) is 0 Å². The number of hydrogen-bond donors (Lipinski definition) is 3. The third-order valence-corrected chi connectivity index (χ3v) is 2.32. The monoisotopic (exact) mass is 205 g/mol. The number of carbonyl (C=O) groups excluding carboxylic acids is 1. The Bertz CT molecular complexity index is 531. The minimum atomic E-state index is -0.482. The molecule has 2 rings (SSSR count). The Labute approximate surface area is 86.0 Å². The van der Waals surface area contributed by atoms with E-state index in [4.69, 9.17) is 11.5 Å². The minimum Gasteiger partial charge on any atom is -0.465 e. The summed E-state index contributed by atoms with van der Waals surface area (Å²) in [4.78, 5) is 14.5. The number of aromatic amines is 1. The first-order chi connectivity index (χ1) is 7.15. The van der Waals surface area contributed by atoms with E-state index in [1.807, 2.05) is 0 Å². The maximum absolute atomic E-state index is 11.5. The number of nitrogens with two attached hydrogens (primary N) is 2. The maximum Gasteiger partial charge on any atom is 0.340 e. The summed E-state index contributed by atoms with van der Waals surface area (Å²) in [5.41, 5.74) is 13.1. The molecule has 1 aromatic heterocycles. The number of ether oxygens (including phenoxy) is 1. The van der Waals surface area contributed by atoms with Gasteiger partial charge in [0, 0.05) is 17.1 Å². The van der Waals surface area contributed by atoms with Gasteiger partial charge in [-0.05, 0) is 12.1 Å². The van der Waals surface area contributed by atoms with Crippen LogP contribution in [-0.2, 0) is 4.74 Å². The van der Waals surface area contributed by atoms with Gasteiger partial charge in [0.1, 0.15) is 0 Å². The van der Waals surface area contributed by atoms with Crippen LogP contribution in [0.15, 0.2) is 18.3 Å². The van der Waals surface area contributed by atoms with E-state index in [1.54, 1.807) is 18.3 Å². The van der Waals surface area contributed by atoms with Crippen LogP contribution < -0.4 is 11.5 Å². The number of aromatic nitrogens is 1. The number of rotatable bonds is 1. The van der Waals surface area contributed by atoms with Gasteiger partial charge in [0.2, 0.25) is 0 Å². The van der Waals surface area contributed by atoms with Crippen LogP contribution in [0.4, 0.5) is 11.4 Å². The van der Waals surface area contributed by atoms with Crippen molar-refractivity contribution in [2.45, 2.75) is 0 Å². The number of H-pyrrole nitrogens is 1. The van der Waals surface area contributed by atoms with Crippen molar-refractivity contribution in [2.75, 3.05) is 18.6 Å². The molecule has 0 unspecified atom stereocenters. The highest BCUT2D eigenvalue weighted by Gasteiger charge is 2.17. The maximum atomic E-state index is 11.5. The van der Waals surface area contributed by atoms with Crippen LogP contribution >= 0.6 is 0 Å². The number of nitrogen functional groups attached to an aromatic ring is 2. The number of methoxy groups -OCH3 is 1. The van der Waals surface area contributed by atoms with Crippen molar-refractivity contribution in [3.8, 4) is 0 Å². The molecule has 0 aliphatic heterocycles. The molecular weight excluding hydrogens is 194 g/mol. The van der Waals surface area contributed by atoms with Gasteiger partial charge in [-0.3, -0.25) is 0 Å². The van der Waals surface area contributed by atoms with Crippen LogP contribution in [0.2, 0.25) is 0 Å². The molecule has 0 bridgehead atoms. The normalized spacial score (nSPS) is 10.5. The minimum absolute atomic E-state index is 0.258. The molecule has 5 nitrogen and oxygen atoms in total. The molecule has 5 N–H and O–H groups in total. The third kappa shape index (κ3) is 1.28. The second-order valence-electron chi connectivity index (χ2n) is 3.18. The van der Waals surface area contributed by atoms with E-state index >= 15 is 0 Å². The Morgan fingerprint density at radius 3 is 2.87 bits per heavy atom. The predicted octanol–water partition coefficient (Wildman–Crippen LogP) is 1.12. The summed E-state index contributed by atoms with van der Waals surface area (Å²) in [6.07, 6.45) is 1.72. The summed E-state index contributed by atoms with van der Waals surface area (Å²) in [7, 11) is 1.31. The van der Waals surface area contributed by atoms with Crippen molar-refractivity contribution < 1.29 is 9.53 Å². The van der Waals surface area contributed by atoms with E-state index in [-0.39, 0.29) is 5.69 Å². The smallest absolute Gasteiger partial charge is 0.340 e. The van der Waals surface area contributed by atoms with Gasteiger partial charge in [-0.25, -0.2) is 4.79 Å². The van der Waals surface area contributed by atoms with E-state index in [2.05, 4.69) is 9.72 Å². The van der Waals surface area contributed by atoms with Gasteiger partial charge in [-0.15, -0.1) is 0 Å². The van der Waals surface area contributed by atoms with Crippen molar-refractivity contribution in [2.24, 2.45) is 0 Å². The molecule has 0 saturated heterocycles. The quantitative estimate of drug-likeness (QED) is 0.480. The summed E-state index contributed by atoms with van der Waals surface area (Å²) in [6, 6.07) is 3.45. The molecule has 0 aliphatic rings. The van der Waals surface area contributed by atoms with Crippen molar-refractivity contribution in [3.63, 3.8) is 0 Å². The highest BCUT2D eigenvalue weighted by molar-refractivity contribution is 6.11. The van der Waals surface area contributed by atoms with Gasteiger partial charge in [0.05, 0.1) is 24.0 Å². The molecular formula is C10H11N3O2. The predicted molar refractivity (Wildman–Crippen MR) is 58.5 cm³/mol. The molecule has 15 heavy (non-hydrogen) atoms. The number of fused-ring (bicyclic) bond motifs is 1. The van der Waals surface area contributed by atoms with Crippen molar-refractivity contribution >= 4 is 28.2 Å². The zero-order valence-electron chi connectivity index (χ0n) is 8.20. The summed E-state index contributed by atoms with van der Waals surface area (Å²) in [6.45, 7) is 0. The molecule has 0 atom stereocenters. The van der Waals surface area contributed by atoms with Crippen molar-refractivity contribution in [1.29, 1.82) is 0 Å². The molecule has 0 saturated carbocycles. The van der Waals surface area contributed by atoms with Crippen LogP contribution in [0.25, 0.3) is 10.9 Å². The Morgan fingerprint density at radius 1 is 1.47 bits per heavy atom. The lowest BCUT2D eigenvalue weighted by molar-refractivity contribution is 0.0604. The number of hydrogen-bond acceptors (Lipinski definition) is 4. The number of carbonyl (C=O) groups is 1. The standard InChI is InChI=1S/C10H11N3O2/c1-15-10(14)8-5-2-3-13-7(5)4-6(11)9(8)12/h2-4,13H,11-12H2,1H3. The van der Waals surface area contributed by atoms with E-state index < -0.39 is 5.97 Å². The lowest BCUT2D eigenvalue weighted by atomic mass is 10.1. The molecule has 0 aliphatic carbocycles. The van der Waals surface area contributed by atoms with Crippen molar-refractivity contribution in [3.05, 3.63) is 23.9 Å². The largest absolute Gasteiger partial charge is 0.465 e. The van der Waals surface area contributed by atoms with Gasteiger partial charge >= 0.3 is 5.97 Å². The number of esters is 1. The fourth-order valence-electron chi connectivity index (χ4n) is 1.56. The van der Waals surface area contributed by atoms with Gasteiger partial charge in [0.25, 0.3) is 0 Å². The molecule has 0 radical (unpaired) electrons. The Balaban J connectivity index is 2.83. The number of benzene rings is 1. The first kappa shape index (κ1) is 9.39. The van der Waals surface area contributed by atoms with Crippen molar-refractivity contribution in [1.82, 2.24) is 4.98 Å². The van der Waals surface area contributed by atoms with E-state index in [0.717, 1.165) is 5.52 Å². The van der Waals surface area contributed by atoms with E-state index in [9.17, 15) is 4.79 Å². The van der Waals surface area contributed by atoms with Gasteiger partial charge in [-0.2, -0.15) is 0 Å². The summed E-state index contributed by atoms with van der Waals surface area (Å²) >= 11 is 0. The first-order valence-corrected chi connectivity index (χ1v) is 4.38. The average molecular weight is 205 g/mol. The number of anilines is 2. The first-order valence-electron chi connectivity index (χ1n) is 4.38. The van der Waals surface area contributed by atoms with E-state index in [0.29, 0.717) is 16.6 Å². The molecule has 0 spiro atoms. The molecule has 0 amide bonds. The Hall–Kier alpha value is -2.17.